The lowest BCUT2D eigenvalue weighted by atomic mass is 9.78. The fourth-order valence-electron chi connectivity index (χ4n) is 4.81. The summed E-state index contributed by atoms with van der Waals surface area (Å²) in [6.45, 7) is 4.91. The molecular formula is C19H26N4O3. The molecule has 2 aliphatic rings. The third-order valence-electron chi connectivity index (χ3n) is 5.96. The summed E-state index contributed by atoms with van der Waals surface area (Å²) in [5.74, 6) is 1.43. The first-order valence-electron chi connectivity index (χ1n) is 9.57. The van der Waals surface area contributed by atoms with E-state index >= 15 is 0 Å². The molecule has 2 fully saturated rings. The quantitative estimate of drug-likeness (QED) is 0.880. The number of aryl methyl sites for hydroxylation is 2. The van der Waals surface area contributed by atoms with E-state index in [0.717, 1.165) is 18.9 Å². The number of amides is 1. The Hall–Kier alpha value is -2.15. The van der Waals surface area contributed by atoms with Crippen molar-refractivity contribution in [3.05, 3.63) is 21.8 Å². The largest absolute Gasteiger partial charge is 0.444 e. The van der Waals surface area contributed by atoms with Crippen molar-refractivity contribution in [1.29, 1.82) is 0 Å². The number of aromatic amines is 1. The van der Waals surface area contributed by atoms with Crippen LogP contribution in [-0.2, 0) is 4.79 Å². The maximum atomic E-state index is 12.7. The predicted molar refractivity (Wildman–Crippen MR) is 99.3 cm³/mol. The second kappa shape index (κ2) is 6.87. The molecule has 2 aromatic rings. The van der Waals surface area contributed by atoms with E-state index in [1.807, 2.05) is 6.92 Å². The lowest BCUT2D eigenvalue weighted by Crippen LogP contribution is -2.49. The Labute approximate surface area is 152 Å². The average molecular weight is 358 g/mol. The summed E-state index contributed by atoms with van der Waals surface area (Å²) in [7, 11) is 0. The van der Waals surface area contributed by atoms with Gasteiger partial charge in [0, 0.05) is 6.04 Å². The molecule has 0 aromatic carbocycles. The van der Waals surface area contributed by atoms with Gasteiger partial charge in [0.05, 0.1) is 17.6 Å². The Morgan fingerprint density at radius 1 is 1.23 bits per heavy atom. The lowest BCUT2D eigenvalue weighted by Gasteiger charge is -2.43. The highest BCUT2D eigenvalue weighted by Crippen LogP contribution is 2.35. The van der Waals surface area contributed by atoms with Gasteiger partial charge in [0.15, 0.2) is 0 Å². The highest BCUT2D eigenvalue weighted by Gasteiger charge is 2.34. The highest BCUT2D eigenvalue weighted by molar-refractivity contribution is 6.01. The minimum absolute atomic E-state index is 0.124. The van der Waals surface area contributed by atoms with E-state index < -0.39 is 0 Å². The highest BCUT2D eigenvalue weighted by atomic mass is 16.4. The standard InChI is InChI=1S/C19H26N4O3/c1-11-16-12(2)26-19(17(16)18(25)22-21-11)20-15(24)10-23-9-5-7-13-6-3-4-8-14(13)23/h13-14H,3-10H2,1-2H3,(H,20,24)(H,22,25)/t13-,14-/m1/s1. The van der Waals surface area contributed by atoms with Crippen molar-refractivity contribution in [2.24, 2.45) is 5.92 Å². The van der Waals surface area contributed by atoms with Gasteiger partial charge >= 0.3 is 0 Å². The van der Waals surface area contributed by atoms with Gasteiger partial charge in [-0.2, -0.15) is 5.10 Å². The molecule has 0 spiro atoms. The number of aromatic nitrogens is 2. The van der Waals surface area contributed by atoms with Gasteiger partial charge in [-0.3, -0.25) is 19.8 Å². The molecule has 1 saturated carbocycles. The van der Waals surface area contributed by atoms with Crippen LogP contribution < -0.4 is 10.9 Å². The summed E-state index contributed by atoms with van der Waals surface area (Å²) in [5.41, 5.74) is 0.338. The van der Waals surface area contributed by atoms with E-state index in [0.29, 0.717) is 34.8 Å². The number of nitrogens with zero attached hydrogens (tertiary/aromatic N) is 2. The van der Waals surface area contributed by atoms with Crippen molar-refractivity contribution in [3.8, 4) is 0 Å². The van der Waals surface area contributed by atoms with Crippen LogP contribution in [0.3, 0.4) is 0 Å². The van der Waals surface area contributed by atoms with Crippen molar-refractivity contribution in [2.45, 2.75) is 58.4 Å². The van der Waals surface area contributed by atoms with Crippen LogP contribution in [0.1, 0.15) is 50.0 Å². The molecule has 2 atom stereocenters. The zero-order valence-electron chi connectivity index (χ0n) is 15.4. The van der Waals surface area contributed by atoms with Crippen LogP contribution in [0, 0.1) is 19.8 Å². The first-order valence-corrected chi connectivity index (χ1v) is 9.57. The number of H-pyrrole nitrogens is 1. The SMILES string of the molecule is Cc1n[nH]c(=O)c2c(NC(=O)CN3CCC[C@H]4CCCC[C@H]43)oc(C)c12. The number of carbonyl (C=O) groups excluding carboxylic acids is 1. The molecule has 1 aliphatic heterocycles. The summed E-state index contributed by atoms with van der Waals surface area (Å²) in [5, 5.41) is 10.3. The molecular weight excluding hydrogens is 332 g/mol. The molecule has 0 radical (unpaired) electrons. The number of furan rings is 1. The summed E-state index contributed by atoms with van der Waals surface area (Å²) >= 11 is 0. The zero-order chi connectivity index (χ0) is 18.3. The number of hydrogen-bond donors (Lipinski definition) is 2. The van der Waals surface area contributed by atoms with Crippen LogP contribution in [0.2, 0.25) is 0 Å². The first kappa shape index (κ1) is 17.3. The maximum absolute atomic E-state index is 12.7. The number of nitrogens with one attached hydrogen (secondary N) is 2. The second-order valence-corrected chi connectivity index (χ2v) is 7.65. The van der Waals surface area contributed by atoms with Gasteiger partial charge in [-0.1, -0.05) is 12.8 Å². The van der Waals surface area contributed by atoms with E-state index in [-0.39, 0.29) is 17.4 Å². The van der Waals surface area contributed by atoms with Crippen LogP contribution in [0.15, 0.2) is 9.21 Å². The van der Waals surface area contributed by atoms with Crippen LogP contribution in [0.4, 0.5) is 5.88 Å². The molecule has 1 amide bonds. The van der Waals surface area contributed by atoms with E-state index in [9.17, 15) is 9.59 Å². The van der Waals surface area contributed by atoms with Gasteiger partial charge in [0.1, 0.15) is 11.1 Å². The average Bonchev–Trinajstić information content (AvgIpc) is 2.96. The molecule has 2 aromatic heterocycles. The molecule has 3 heterocycles. The molecule has 7 heteroatoms. The summed E-state index contributed by atoms with van der Waals surface area (Å²) in [4.78, 5) is 27.2. The van der Waals surface area contributed by atoms with Crippen LogP contribution in [0.5, 0.6) is 0 Å². The molecule has 0 bridgehead atoms. The number of fused-ring (bicyclic) bond motifs is 2. The molecule has 7 nitrogen and oxygen atoms in total. The maximum Gasteiger partial charge on any atom is 0.277 e. The van der Waals surface area contributed by atoms with Gasteiger partial charge in [-0.05, 0) is 52.0 Å². The number of anilines is 1. The Morgan fingerprint density at radius 2 is 2.00 bits per heavy atom. The number of carbonyl (C=O) groups is 1. The van der Waals surface area contributed by atoms with Gasteiger partial charge in [-0.25, -0.2) is 5.10 Å². The summed E-state index contributed by atoms with van der Waals surface area (Å²) < 4.78 is 5.68. The number of rotatable bonds is 3. The molecule has 4 rings (SSSR count). The molecule has 1 saturated heterocycles. The normalized spacial score (nSPS) is 23.8. The Kier molecular flexibility index (Phi) is 4.56. The lowest BCUT2D eigenvalue weighted by molar-refractivity contribution is -0.119. The third-order valence-corrected chi connectivity index (χ3v) is 5.96. The van der Waals surface area contributed by atoms with Gasteiger partial charge in [0.2, 0.25) is 11.8 Å². The van der Waals surface area contributed by atoms with Gasteiger partial charge in [-0.15, -0.1) is 0 Å². The van der Waals surface area contributed by atoms with E-state index in [2.05, 4.69) is 20.4 Å². The zero-order valence-corrected chi connectivity index (χ0v) is 15.4. The first-order chi connectivity index (χ1) is 12.5. The van der Waals surface area contributed by atoms with Gasteiger partial charge < -0.3 is 4.42 Å². The fraction of sp³-hybridized carbons (Fsp3) is 0.632. The molecule has 26 heavy (non-hydrogen) atoms. The summed E-state index contributed by atoms with van der Waals surface area (Å²) in [6, 6.07) is 0.521. The minimum atomic E-state index is -0.344. The fourth-order valence-corrected chi connectivity index (χ4v) is 4.81. The smallest absolute Gasteiger partial charge is 0.277 e. The van der Waals surface area contributed by atoms with Gasteiger partial charge in [0.25, 0.3) is 5.56 Å². The molecule has 140 valence electrons. The van der Waals surface area contributed by atoms with Crippen molar-refractivity contribution < 1.29 is 9.21 Å². The topological polar surface area (TPSA) is 91.2 Å². The van der Waals surface area contributed by atoms with E-state index in [4.69, 9.17) is 4.42 Å². The molecule has 2 N–H and O–H groups in total. The second-order valence-electron chi connectivity index (χ2n) is 7.65. The van der Waals surface area contributed by atoms with Crippen molar-refractivity contribution in [1.82, 2.24) is 15.1 Å². The minimum Gasteiger partial charge on any atom is -0.444 e. The summed E-state index contributed by atoms with van der Waals surface area (Å²) in [6.07, 6.45) is 7.48. The van der Waals surface area contributed by atoms with Crippen molar-refractivity contribution in [3.63, 3.8) is 0 Å². The number of likely N-dealkylation sites (tertiary alicyclic amines) is 1. The Balaban J connectivity index is 1.53. The molecule has 1 aliphatic carbocycles. The van der Waals surface area contributed by atoms with Crippen LogP contribution in [0.25, 0.3) is 10.8 Å². The van der Waals surface area contributed by atoms with E-state index in [1.54, 1.807) is 6.92 Å². The molecule has 0 unspecified atom stereocenters. The van der Waals surface area contributed by atoms with Crippen molar-refractivity contribution in [2.75, 3.05) is 18.4 Å². The van der Waals surface area contributed by atoms with E-state index in [1.165, 1.54) is 32.1 Å². The van der Waals surface area contributed by atoms with Crippen LogP contribution in [-0.4, -0.2) is 40.1 Å². The monoisotopic (exact) mass is 358 g/mol. The third kappa shape index (κ3) is 3.05. The number of hydrogen-bond acceptors (Lipinski definition) is 5. The predicted octanol–water partition coefficient (Wildman–Crippen LogP) is 2.73. The Morgan fingerprint density at radius 3 is 2.85 bits per heavy atom. The Bertz CT molecular complexity index is 883. The number of piperidine rings is 1. The van der Waals surface area contributed by atoms with Crippen LogP contribution >= 0.6 is 0 Å². The van der Waals surface area contributed by atoms with Crippen molar-refractivity contribution >= 4 is 22.6 Å².